The number of nitrogens with zero attached hydrogens (tertiary/aromatic N) is 1. The average molecular weight is 312 g/mol. The molecule has 5 heteroatoms. The lowest BCUT2D eigenvalue weighted by Crippen LogP contribution is -2.34. The van der Waals surface area contributed by atoms with Crippen LogP contribution in [0, 0.1) is 12.7 Å². The third-order valence-corrected chi connectivity index (χ3v) is 3.71. The molecular formula is C18H17FN2O2. The molecule has 2 aromatic carbocycles. The van der Waals surface area contributed by atoms with E-state index in [4.69, 9.17) is 4.84 Å². The Morgan fingerprint density at radius 1 is 1.30 bits per heavy atom. The number of halogens is 1. The van der Waals surface area contributed by atoms with Gasteiger partial charge in [0.15, 0.2) is 0 Å². The van der Waals surface area contributed by atoms with Crippen LogP contribution in [0.5, 0.6) is 0 Å². The van der Waals surface area contributed by atoms with E-state index in [1.165, 1.54) is 17.7 Å². The smallest absolute Gasteiger partial charge is 0.264 e. The molecule has 0 fully saturated rings. The molecule has 0 spiro atoms. The fraction of sp³-hybridized carbons (Fsp3) is 0.222. The first-order valence-corrected chi connectivity index (χ1v) is 7.44. The van der Waals surface area contributed by atoms with E-state index >= 15 is 0 Å². The van der Waals surface area contributed by atoms with Gasteiger partial charge in [-0.3, -0.25) is 4.79 Å². The maximum absolute atomic E-state index is 13.2. The second-order valence-electron chi connectivity index (χ2n) is 5.55. The summed E-state index contributed by atoms with van der Waals surface area (Å²) in [6.45, 7) is 2.45. The summed E-state index contributed by atoms with van der Waals surface area (Å²) < 4.78 is 13.2. The van der Waals surface area contributed by atoms with Crippen LogP contribution in [0.25, 0.3) is 0 Å². The molecule has 0 aliphatic carbocycles. The molecular weight excluding hydrogens is 295 g/mol. The Labute approximate surface area is 134 Å². The van der Waals surface area contributed by atoms with Gasteiger partial charge in [0, 0.05) is 18.5 Å². The van der Waals surface area contributed by atoms with E-state index in [1.54, 1.807) is 12.1 Å². The van der Waals surface area contributed by atoms with E-state index < -0.39 is 6.10 Å². The Morgan fingerprint density at radius 3 is 2.83 bits per heavy atom. The number of oxime groups is 1. The van der Waals surface area contributed by atoms with E-state index in [2.05, 4.69) is 10.5 Å². The monoisotopic (exact) mass is 312 g/mol. The largest absolute Gasteiger partial charge is 0.382 e. The van der Waals surface area contributed by atoms with Gasteiger partial charge < -0.3 is 10.2 Å². The minimum Gasteiger partial charge on any atom is -0.382 e. The molecule has 1 aliphatic heterocycles. The van der Waals surface area contributed by atoms with Crippen molar-refractivity contribution >= 4 is 11.6 Å². The molecule has 0 bridgehead atoms. The summed E-state index contributed by atoms with van der Waals surface area (Å²) in [5.74, 6) is -0.557. The van der Waals surface area contributed by atoms with Crippen molar-refractivity contribution in [3.8, 4) is 0 Å². The van der Waals surface area contributed by atoms with Crippen LogP contribution in [-0.2, 0) is 16.2 Å². The Bertz CT molecular complexity index is 741. The minimum atomic E-state index is -0.668. The molecule has 1 heterocycles. The summed E-state index contributed by atoms with van der Waals surface area (Å²) in [5.41, 5.74) is 3.42. The van der Waals surface area contributed by atoms with E-state index in [-0.39, 0.29) is 11.7 Å². The Hall–Kier alpha value is -2.69. The first-order valence-electron chi connectivity index (χ1n) is 7.44. The number of benzene rings is 2. The fourth-order valence-corrected chi connectivity index (χ4v) is 2.37. The van der Waals surface area contributed by atoms with Gasteiger partial charge in [-0.1, -0.05) is 47.1 Å². The zero-order valence-corrected chi connectivity index (χ0v) is 12.8. The van der Waals surface area contributed by atoms with Gasteiger partial charge in [0.05, 0.1) is 5.71 Å². The molecule has 0 unspecified atom stereocenters. The summed E-state index contributed by atoms with van der Waals surface area (Å²) in [6, 6.07) is 14.0. The fourth-order valence-electron chi connectivity index (χ4n) is 2.37. The second-order valence-corrected chi connectivity index (χ2v) is 5.55. The predicted molar refractivity (Wildman–Crippen MR) is 85.5 cm³/mol. The number of aryl methyl sites for hydroxylation is 1. The summed E-state index contributed by atoms with van der Waals surface area (Å²) in [7, 11) is 0. The van der Waals surface area contributed by atoms with Crippen molar-refractivity contribution in [2.75, 3.05) is 0 Å². The number of amides is 1. The standard InChI is InChI=1S/C18H17FN2O2/c1-12-5-7-13(8-6-12)11-20-18(22)17-10-16(21-23-17)14-3-2-4-15(19)9-14/h2-9,17H,10-11H2,1H3,(H,20,22)/t17-/m0/s1. The van der Waals surface area contributed by atoms with Crippen LogP contribution < -0.4 is 5.32 Å². The third kappa shape index (κ3) is 3.74. The van der Waals surface area contributed by atoms with Crippen molar-refractivity contribution in [3.05, 3.63) is 71.0 Å². The first kappa shape index (κ1) is 15.2. The highest BCUT2D eigenvalue weighted by Crippen LogP contribution is 2.17. The molecule has 0 radical (unpaired) electrons. The third-order valence-electron chi connectivity index (χ3n) is 3.71. The van der Waals surface area contributed by atoms with Crippen molar-refractivity contribution in [1.29, 1.82) is 0 Å². The van der Waals surface area contributed by atoms with Gasteiger partial charge in [-0.15, -0.1) is 0 Å². The van der Waals surface area contributed by atoms with Crippen molar-refractivity contribution in [1.82, 2.24) is 5.32 Å². The normalized spacial score (nSPS) is 16.6. The molecule has 118 valence electrons. The molecule has 2 aromatic rings. The number of carbonyl (C=O) groups is 1. The molecule has 1 aliphatic rings. The summed E-state index contributed by atoms with van der Waals surface area (Å²) in [5, 5.41) is 6.74. The van der Waals surface area contributed by atoms with Crippen molar-refractivity contribution in [2.45, 2.75) is 26.0 Å². The average Bonchev–Trinajstić information content (AvgIpc) is 3.04. The van der Waals surface area contributed by atoms with Gasteiger partial charge >= 0.3 is 0 Å². The van der Waals surface area contributed by atoms with Crippen molar-refractivity contribution < 1.29 is 14.0 Å². The maximum atomic E-state index is 13.2. The lowest BCUT2D eigenvalue weighted by molar-refractivity contribution is -0.131. The Balaban J connectivity index is 1.55. The zero-order chi connectivity index (χ0) is 16.2. The van der Waals surface area contributed by atoms with Gasteiger partial charge in [0.2, 0.25) is 6.10 Å². The van der Waals surface area contributed by atoms with Crippen LogP contribution in [0.15, 0.2) is 53.7 Å². The van der Waals surface area contributed by atoms with E-state index in [9.17, 15) is 9.18 Å². The first-order chi connectivity index (χ1) is 11.1. The minimum absolute atomic E-state index is 0.222. The lowest BCUT2D eigenvalue weighted by atomic mass is 10.0. The van der Waals surface area contributed by atoms with Gasteiger partial charge in [-0.05, 0) is 24.6 Å². The quantitative estimate of drug-likeness (QED) is 0.943. The molecule has 0 saturated carbocycles. The summed E-state index contributed by atoms with van der Waals surface area (Å²) in [4.78, 5) is 17.3. The van der Waals surface area contributed by atoms with Gasteiger partial charge in [0.25, 0.3) is 5.91 Å². The summed E-state index contributed by atoms with van der Waals surface area (Å²) in [6.07, 6.45) is -0.331. The number of hydrogen-bond donors (Lipinski definition) is 1. The number of hydrogen-bond acceptors (Lipinski definition) is 3. The van der Waals surface area contributed by atoms with E-state index in [0.29, 0.717) is 24.2 Å². The van der Waals surface area contributed by atoms with Crippen LogP contribution in [0.4, 0.5) is 4.39 Å². The second kappa shape index (κ2) is 6.60. The van der Waals surface area contributed by atoms with Crippen LogP contribution in [0.3, 0.4) is 0 Å². The van der Waals surface area contributed by atoms with Crippen LogP contribution in [0.1, 0.15) is 23.1 Å². The van der Waals surface area contributed by atoms with Gasteiger partial charge in [-0.25, -0.2) is 4.39 Å². The van der Waals surface area contributed by atoms with E-state index in [0.717, 1.165) is 5.56 Å². The topological polar surface area (TPSA) is 50.7 Å². The Morgan fingerprint density at radius 2 is 2.09 bits per heavy atom. The van der Waals surface area contributed by atoms with Crippen LogP contribution >= 0.6 is 0 Å². The predicted octanol–water partition coefficient (Wildman–Crippen LogP) is 2.94. The molecule has 1 atom stereocenters. The molecule has 23 heavy (non-hydrogen) atoms. The van der Waals surface area contributed by atoms with Crippen LogP contribution in [-0.4, -0.2) is 17.7 Å². The molecule has 1 amide bonds. The zero-order valence-electron chi connectivity index (χ0n) is 12.8. The Kier molecular flexibility index (Phi) is 4.37. The van der Waals surface area contributed by atoms with Gasteiger partial charge in [-0.2, -0.15) is 0 Å². The highest BCUT2D eigenvalue weighted by Gasteiger charge is 2.28. The number of rotatable bonds is 4. The van der Waals surface area contributed by atoms with E-state index in [1.807, 2.05) is 31.2 Å². The SMILES string of the molecule is Cc1ccc(CNC(=O)[C@@H]2CC(c3cccc(F)c3)=NO2)cc1. The highest BCUT2D eigenvalue weighted by atomic mass is 19.1. The number of carbonyl (C=O) groups excluding carboxylic acids is 1. The van der Waals surface area contributed by atoms with Crippen molar-refractivity contribution in [2.24, 2.45) is 5.16 Å². The molecule has 4 nitrogen and oxygen atoms in total. The highest BCUT2D eigenvalue weighted by molar-refractivity contribution is 6.04. The molecule has 3 rings (SSSR count). The molecule has 0 aromatic heterocycles. The maximum Gasteiger partial charge on any atom is 0.264 e. The lowest BCUT2D eigenvalue weighted by Gasteiger charge is -2.09. The number of nitrogens with one attached hydrogen (secondary N) is 1. The van der Waals surface area contributed by atoms with Crippen molar-refractivity contribution in [3.63, 3.8) is 0 Å². The molecule has 1 N–H and O–H groups in total. The summed E-state index contributed by atoms with van der Waals surface area (Å²) >= 11 is 0. The van der Waals surface area contributed by atoms with Crippen LogP contribution in [0.2, 0.25) is 0 Å². The molecule has 0 saturated heterocycles. The van der Waals surface area contributed by atoms with Gasteiger partial charge in [0.1, 0.15) is 5.82 Å².